The Labute approximate surface area is 203 Å². The lowest BCUT2D eigenvalue weighted by Crippen LogP contribution is -2.44. The van der Waals surface area contributed by atoms with Crippen molar-refractivity contribution in [3.8, 4) is 0 Å². The fraction of sp³-hybridized carbons (Fsp3) is 0.375. The number of benzene rings is 1. The summed E-state index contributed by atoms with van der Waals surface area (Å²) in [7, 11) is 0. The van der Waals surface area contributed by atoms with Crippen LogP contribution in [0.3, 0.4) is 0 Å². The quantitative estimate of drug-likeness (QED) is 0.426. The molecule has 0 bridgehead atoms. The Morgan fingerprint density at radius 2 is 1.59 bits per heavy atom. The molecule has 0 radical (unpaired) electrons. The number of halogens is 1. The maximum atomic E-state index is 12.9. The van der Waals surface area contributed by atoms with Crippen LogP contribution in [0.25, 0.3) is 17.4 Å². The molecule has 9 nitrogen and oxygen atoms in total. The van der Waals surface area contributed by atoms with Crippen LogP contribution in [0.5, 0.6) is 0 Å². The molecule has 3 aromatic rings. The van der Waals surface area contributed by atoms with Gasteiger partial charge in [0.1, 0.15) is 23.0 Å². The molecule has 0 aliphatic heterocycles. The minimum absolute atomic E-state index is 0.0210. The van der Waals surface area contributed by atoms with Crippen LogP contribution < -0.4 is 4.90 Å². The number of aromatic nitrogens is 4. The van der Waals surface area contributed by atoms with E-state index in [2.05, 4.69) is 15.0 Å². The van der Waals surface area contributed by atoms with Gasteiger partial charge in [0, 0.05) is 6.20 Å². The number of hydrogen-bond acceptors (Lipinski definition) is 7. The summed E-state index contributed by atoms with van der Waals surface area (Å²) in [4.78, 5) is 39.3. The Morgan fingerprint density at radius 1 is 1.00 bits per heavy atom. The summed E-state index contributed by atoms with van der Waals surface area (Å²) < 4.78 is 12.4. The number of carbonyl (C=O) groups is 2. The van der Waals surface area contributed by atoms with E-state index >= 15 is 0 Å². The number of rotatable bonds is 4. The minimum atomic E-state index is -0.983. The van der Waals surface area contributed by atoms with E-state index in [-0.39, 0.29) is 11.1 Å². The molecule has 0 saturated carbocycles. The molecule has 2 aromatic heterocycles. The Balaban J connectivity index is 2.00. The molecule has 10 heteroatoms. The van der Waals surface area contributed by atoms with Crippen molar-refractivity contribution < 1.29 is 19.1 Å². The van der Waals surface area contributed by atoms with Gasteiger partial charge in [0.25, 0.3) is 0 Å². The number of hydrogen-bond donors (Lipinski definition) is 0. The highest BCUT2D eigenvalue weighted by Gasteiger charge is 2.35. The number of allylic oxidation sites excluding steroid dienone is 1. The number of imidazole rings is 1. The number of imide groups is 1. The van der Waals surface area contributed by atoms with E-state index in [1.165, 1.54) is 6.33 Å². The van der Waals surface area contributed by atoms with Crippen LogP contribution in [0.1, 0.15) is 47.1 Å². The summed E-state index contributed by atoms with van der Waals surface area (Å²) in [5.74, 6) is -0.279. The standard InChI is InChI=1S/C24H28ClN5O4/c1-23(2,3)33-21(31)30(22(32)34-24(4,5)6)20-27-18(25)17-19(28-20)29(15-26-17)14-10-13-16-11-8-7-9-12-16/h7-12,14-15H,13H2,1-6H3/b14-10+. The van der Waals surface area contributed by atoms with Gasteiger partial charge in [-0.15, -0.1) is 4.90 Å². The van der Waals surface area contributed by atoms with Crippen LogP contribution in [0, 0.1) is 0 Å². The SMILES string of the molecule is CC(C)(C)OC(=O)N(C(=O)OC(C)(C)C)c1nc(Cl)c2ncn(/C=C/Cc3ccccc3)c2n1. The van der Waals surface area contributed by atoms with Crippen molar-refractivity contribution in [2.24, 2.45) is 0 Å². The summed E-state index contributed by atoms with van der Waals surface area (Å²) in [6.45, 7) is 10.1. The van der Waals surface area contributed by atoms with E-state index < -0.39 is 23.4 Å². The zero-order valence-corrected chi connectivity index (χ0v) is 20.8. The van der Waals surface area contributed by atoms with Crippen molar-refractivity contribution in [2.45, 2.75) is 59.2 Å². The molecular weight excluding hydrogens is 458 g/mol. The number of ether oxygens (including phenoxy) is 2. The lowest BCUT2D eigenvalue weighted by Gasteiger charge is -2.27. The van der Waals surface area contributed by atoms with Gasteiger partial charge in [-0.2, -0.15) is 9.97 Å². The Bertz CT molecular complexity index is 1180. The van der Waals surface area contributed by atoms with Crippen molar-refractivity contribution in [1.29, 1.82) is 0 Å². The number of carbonyl (C=O) groups excluding carboxylic acids is 2. The first-order chi connectivity index (χ1) is 15.8. The molecule has 0 N–H and O–H groups in total. The van der Waals surface area contributed by atoms with Gasteiger partial charge in [-0.1, -0.05) is 48.0 Å². The lowest BCUT2D eigenvalue weighted by molar-refractivity contribution is 0.0427. The van der Waals surface area contributed by atoms with Crippen molar-refractivity contribution in [1.82, 2.24) is 19.5 Å². The summed E-state index contributed by atoms with van der Waals surface area (Å²) in [6, 6.07) is 9.94. The van der Waals surface area contributed by atoms with Crippen LogP contribution in [0.4, 0.5) is 15.5 Å². The lowest BCUT2D eigenvalue weighted by atomic mass is 10.1. The van der Waals surface area contributed by atoms with E-state index in [0.717, 1.165) is 5.56 Å². The van der Waals surface area contributed by atoms with Gasteiger partial charge in [0.05, 0.1) is 0 Å². The second kappa shape index (κ2) is 9.80. The summed E-state index contributed by atoms with van der Waals surface area (Å²) in [5.41, 5.74) is 0.0393. The Kier molecular flexibility index (Phi) is 7.26. The monoisotopic (exact) mass is 485 g/mol. The van der Waals surface area contributed by atoms with E-state index in [1.54, 1.807) is 52.3 Å². The van der Waals surface area contributed by atoms with Gasteiger partial charge in [0.2, 0.25) is 5.95 Å². The third kappa shape index (κ3) is 6.54. The molecule has 1 aromatic carbocycles. The Morgan fingerprint density at radius 3 is 2.15 bits per heavy atom. The highest BCUT2D eigenvalue weighted by atomic mass is 35.5. The predicted molar refractivity (Wildman–Crippen MR) is 131 cm³/mol. The largest absolute Gasteiger partial charge is 0.443 e. The molecule has 2 heterocycles. The summed E-state index contributed by atoms with van der Waals surface area (Å²) in [5, 5.41) is -0.0210. The number of anilines is 1. The first-order valence-electron chi connectivity index (χ1n) is 10.7. The second-order valence-corrected chi connectivity index (χ2v) is 9.87. The highest BCUT2D eigenvalue weighted by molar-refractivity contribution is 6.33. The fourth-order valence-corrected chi connectivity index (χ4v) is 3.06. The molecule has 0 unspecified atom stereocenters. The van der Waals surface area contributed by atoms with Gasteiger partial charge < -0.3 is 9.47 Å². The second-order valence-electron chi connectivity index (χ2n) is 9.51. The topological polar surface area (TPSA) is 99.4 Å². The van der Waals surface area contributed by atoms with E-state index in [4.69, 9.17) is 21.1 Å². The van der Waals surface area contributed by atoms with Gasteiger partial charge in [-0.25, -0.2) is 14.6 Å². The van der Waals surface area contributed by atoms with Crippen LogP contribution in [-0.4, -0.2) is 42.9 Å². The molecule has 2 amide bonds. The zero-order chi connectivity index (χ0) is 25.1. The van der Waals surface area contributed by atoms with Gasteiger partial charge in [-0.05, 0) is 53.5 Å². The third-order valence-electron chi connectivity index (χ3n) is 4.18. The van der Waals surface area contributed by atoms with E-state index in [9.17, 15) is 9.59 Å². The van der Waals surface area contributed by atoms with E-state index in [0.29, 0.717) is 22.5 Å². The molecule has 0 spiro atoms. The molecule has 0 atom stereocenters. The average molecular weight is 486 g/mol. The maximum Gasteiger partial charge on any atom is 0.427 e. The number of amides is 2. The molecule has 0 aliphatic carbocycles. The van der Waals surface area contributed by atoms with Crippen molar-refractivity contribution in [3.63, 3.8) is 0 Å². The molecule has 3 rings (SSSR count). The zero-order valence-electron chi connectivity index (χ0n) is 20.1. The third-order valence-corrected chi connectivity index (χ3v) is 4.45. The smallest absolute Gasteiger partial charge is 0.427 e. The normalized spacial score (nSPS) is 12.2. The van der Waals surface area contributed by atoms with Gasteiger partial charge in [-0.3, -0.25) is 4.57 Å². The molecular formula is C24H28ClN5O4. The van der Waals surface area contributed by atoms with E-state index in [1.807, 2.05) is 36.4 Å². The maximum absolute atomic E-state index is 12.9. The first kappa shape index (κ1) is 25.2. The fourth-order valence-electron chi connectivity index (χ4n) is 2.85. The summed E-state index contributed by atoms with van der Waals surface area (Å²) in [6.07, 6.45) is 3.97. The van der Waals surface area contributed by atoms with Crippen LogP contribution in [0.2, 0.25) is 5.15 Å². The molecule has 0 aliphatic rings. The van der Waals surface area contributed by atoms with Gasteiger partial charge >= 0.3 is 12.2 Å². The number of fused-ring (bicyclic) bond motifs is 1. The summed E-state index contributed by atoms with van der Waals surface area (Å²) >= 11 is 6.34. The van der Waals surface area contributed by atoms with Gasteiger partial charge in [0.15, 0.2) is 10.8 Å². The number of nitrogens with zero attached hydrogens (tertiary/aromatic N) is 5. The first-order valence-corrected chi connectivity index (χ1v) is 11.1. The average Bonchev–Trinajstić information content (AvgIpc) is 3.10. The van der Waals surface area contributed by atoms with Crippen molar-refractivity contribution in [3.05, 3.63) is 53.5 Å². The highest BCUT2D eigenvalue weighted by Crippen LogP contribution is 2.25. The molecule has 34 heavy (non-hydrogen) atoms. The minimum Gasteiger partial charge on any atom is -0.443 e. The van der Waals surface area contributed by atoms with Crippen LogP contribution in [0.15, 0.2) is 42.7 Å². The van der Waals surface area contributed by atoms with Crippen molar-refractivity contribution >= 4 is 47.1 Å². The molecule has 180 valence electrons. The van der Waals surface area contributed by atoms with Crippen LogP contribution in [-0.2, 0) is 15.9 Å². The predicted octanol–water partition coefficient (Wildman–Crippen LogP) is 5.87. The Hall–Kier alpha value is -3.46. The van der Waals surface area contributed by atoms with Crippen LogP contribution >= 0.6 is 11.6 Å². The molecule has 0 saturated heterocycles. The molecule has 0 fully saturated rings. The van der Waals surface area contributed by atoms with Crippen molar-refractivity contribution in [2.75, 3.05) is 4.90 Å².